The number of rotatable bonds is 2. The normalized spacial score (nSPS) is 35.3. The fraction of sp³-hybridized carbons (Fsp3) is 0.923. The van der Waals surface area contributed by atoms with Gasteiger partial charge in [0.1, 0.15) is 5.60 Å². The zero-order chi connectivity index (χ0) is 13.4. The van der Waals surface area contributed by atoms with Crippen LogP contribution in [0.25, 0.3) is 0 Å². The molecule has 104 valence electrons. The van der Waals surface area contributed by atoms with Crippen molar-refractivity contribution in [2.75, 3.05) is 13.2 Å². The number of nitrogens with two attached hydrogens (primary N) is 1. The summed E-state index contributed by atoms with van der Waals surface area (Å²) in [4.78, 5) is 11.8. The summed E-state index contributed by atoms with van der Waals surface area (Å²) in [5.41, 5.74) is 4.91. The van der Waals surface area contributed by atoms with Crippen molar-refractivity contribution in [2.24, 2.45) is 5.73 Å². The lowest BCUT2D eigenvalue weighted by atomic mass is 9.71. The average molecular weight is 256 g/mol. The van der Waals surface area contributed by atoms with Gasteiger partial charge in [0.2, 0.25) is 0 Å². The molecule has 0 spiro atoms. The molecule has 3 N–H and O–H groups in total. The zero-order valence-corrected chi connectivity index (χ0v) is 11.5. The quantitative estimate of drug-likeness (QED) is 0.786. The summed E-state index contributed by atoms with van der Waals surface area (Å²) >= 11 is 0. The molecular formula is C13H24N2O3. The standard InChI is InChI=1S/C13H24N2O3/c1-11(2,3)18-10(16)15-12-4-6-13(8-14,7-5-12)17-9-12/h4-9,14H2,1-3H3,(H,15,16). The third-order valence-corrected chi connectivity index (χ3v) is 3.91. The molecule has 18 heavy (non-hydrogen) atoms. The van der Waals surface area contributed by atoms with Gasteiger partial charge in [0, 0.05) is 6.54 Å². The van der Waals surface area contributed by atoms with Crippen LogP contribution in [0.2, 0.25) is 0 Å². The summed E-state index contributed by atoms with van der Waals surface area (Å²) in [6, 6.07) is 0. The number of amides is 1. The molecule has 0 aromatic heterocycles. The van der Waals surface area contributed by atoms with Crippen LogP contribution in [0.15, 0.2) is 0 Å². The van der Waals surface area contributed by atoms with Gasteiger partial charge in [-0.05, 0) is 46.5 Å². The topological polar surface area (TPSA) is 73.6 Å². The van der Waals surface area contributed by atoms with Gasteiger partial charge in [0.25, 0.3) is 0 Å². The van der Waals surface area contributed by atoms with Gasteiger partial charge in [0.05, 0.1) is 17.7 Å². The Morgan fingerprint density at radius 2 is 1.94 bits per heavy atom. The van der Waals surface area contributed by atoms with Crippen molar-refractivity contribution in [3.05, 3.63) is 0 Å². The van der Waals surface area contributed by atoms with Crippen molar-refractivity contribution in [3.63, 3.8) is 0 Å². The highest BCUT2D eigenvalue weighted by atomic mass is 16.6. The van der Waals surface area contributed by atoms with E-state index < -0.39 is 5.60 Å². The Morgan fingerprint density at radius 1 is 1.33 bits per heavy atom. The van der Waals surface area contributed by atoms with E-state index in [1.54, 1.807) is 0 Å². The monoisotopic (exact) mass is 256 g/mol. The number of ether oxygens (including phenoxy) is 2. The first kappa shape index (κ1) is 13.6. The molecule has 0 aromatic rings. The van der Waals surface area contributed by atoms with Gasteiger partial charge in [-0.15, -0.1) is 0 Å². The Hall–Kier alpha value is -0.810. The molecule has 2 saturated heterocycles. The van der Waals surface area contributed by atoms with Gasteiger partial charge in [-0.1, -0.05) is 0 Å². The molecule has 1 aliphatic carbocycles. The number of nitrogens with one attached hydrogen (secondary N) is 1. The fourth-order valence-corrected chi connectivity index (χ4v) is 2.71. The van der Waals surface area contributed by atoms with Crippen molar-refractivity contribution in [1.29, 1.82) is 0 Å². The van der Waals surface area contributed by atoms with Crippen LogP contribution in [0.4, 0.5) is 4.79 Å². The van der Waals surface area contributed by atoms with Crippen LogP contribution in [0.5, 0.6) is 0 Å². The summed E-state index contributed by atoms with van der Waals surface area (Å²) in [7, 11) is 0. The molecule has 0 radical (unpaired) electrons. The number of carbonyl (C=O) groups is 1. The summed E-state index contributed by atoms with van der Waals surface area (Å²) in [5.74, 6) is 0. The van der Waals surface area contributed by atoms with E-state index in [4.69, 9.17) is 15.2 Å². The van der Waals surface area contributed by atoms with Crippen LogP contribution in [-0.2, 0) is 9.47 Å². The SMILES string of the molecule is CC(C)(C)OC(=O)NC12CCC(CN)(CC1)OC2. The Bertz CT molecular complexity index is 311. The van der Waals surface area contributed by atoms with Crippen LogP contribution < -0.4 is 11.1 Å². The van der Waals surface area contributed by atoms with Gasteiger partial charge in [0.15, 0.2) is 0 Å². The second-order valence-electron chi connectivity index (χ2n) is 6.58. The molecule has 1 amide bonds. The van der Waals surface area contributed by atoms with Crippen molar-refractivity contribution < 1.29 is 14.3 Å². The molecule has 3 aliphatic rings. The number of hydrogen-bond donors (Lipinski definition) is 2. The molecule has 5 heteroatoms. The van der Waals surface area contributed by atoms with Crippen molar-refractivity contribution in [3.8, 4) is 0 Å². The molecule has 0 unspecified atom stereocenters. The predicted octanol–water partition coefficient (Wildman–Crippen LogP) is 1.55. The molecule has 2 bridgehead atoms. The van der Waals surface area contributed by atoms with E-state index in [1.165, 1.54) is 0 Å². The Balaban J connectivity index is 1.93. The van der Waals surface area contributed by atoms with Crippen LogP contribution in [0.1, 0.15) is 46.5 Å². The van der Waals surface area contributed by atoms with E-state index in [0.29, 0.717) is 13.2 Å². The maximum atomic E-state index is 11.8. The molecule has 0 aromatic carbocycles. The fourth-order valence-electron chi connectivity index (χ4n) is 2.71. The summed E-state index contributed by atoms with van der Waals surface area (Å²) in [6.07, 6.45) is 3.32. The average Bonchev–Trinajstić information content (AvgIpc) is 2.28. The molecule has 0 atom stereocenters. The van der Waals surface area contributed by atoms with E-state index in [1.807, 2.05) is 20.8 Å². The molecular weight excluding hydrogens is 232 g/mol. The van der Waals surface area contributed by atoms with Crippen LogP contribution >= 0.6 is 0 Å². The number of fused-ring (bicyclic) bond motifs is 3. The molecule has 1 saturated carbocycles. The predicted molar refractivity (Wildman–Crippen MR) is 68.3 cm³/mol. The second kappa shape index (κ2) is 4.38. The van der Waals surface area contributed by atoms with Crippen molar-refractivity contribution >= 4 is 6.09 Å². The maximum absolute atomic E-state index is 11.8. The summed E-state index contributed by atoms with van der Waals surface area (Å²) in [5, 5.41) is 2.99. The minimum absolute atomic E-state index is 0.142. The largest absolute Gasteiger partial charge is 0.444 e. The van der Waals surface area contributed by atoms with E-state index in [-0.39, 0.29) is 17.2 Å². The highest BCUT2D eigenvalue weighted by molar-refractivity contribution is 5.69. The van der Waals surface area contributed by atoms with E-state index in [0.717, 1.165) is 25.7 Å². The smallest absolute Gasteiger partial charge is 0.408 e. The van der Waals surface area contributed by atoms with Gasteiger partial charge in [-0.3, -0.25) is 0 Å². The highest BCUT2D eigenvalue weighted by Gasteiger charge is 2.50. The number of carbonyl (C=O) groups excluding carboxylic acids is 1. The Morgan fingerprint density at radius 3 is 2.33 bits per heavy atom. The highest BCUT2D eigenvalue weighted by Crippen LogP contribution is 2.43. The van der Waals surface area contributed by atoms with Gasteiger partial charge < -0.3 is 20.5 Å². The molecule has 5 nitrogen and oxygen atoms in total. The van der Waals surface area contributed by atoms with Crippen LogP contribution in [-0.4, -0.2) is 36.0 Å². The Kier molecular flexibility index (Phi) is 3.32. The first-order valence-electron chi connectivity index (χ1n) is 6.63. The molecule has 2 heterocycles. The van der Waals surface area contributed by atoms with E-state index in [2.05, 4.69) is 5.32 Å². The molecule has 2 aliphatic heterocycles. The van der Waals surface area contributed by atoms with Crippen molar-refractivity contribution in [1.82, 2.24) is 5.32 Å². The lowest BCUT2D eigenvalue weighted by Gasteiger charge is -2.52. The molecule has 3 fully saturated rings. The minimum atomic E-state index is -0.466. The van der Waals surface area contributed by atoms with Crippen molar-refractivity contribution in [2.45, 2.75) is 63.2 Å². The number of hydrogen-bond acceptors (Lipinski definition) is 4. The first-order chi connectivity index (χ1) is 8.28. The third-order valence-electron chi connectivity index (χ3n) is 3.91. The third kappa shape index (κ3) is 2.78. The number of alkyl carbamates (subject to hydrolysis) is 1. The van der Waals surface area contributed by atoms with Crippen LogP contribution in [0.3, 0.4) is 0 Å². The van der Waals surface area contributed by atoms with E-state index in [9.17, 15) is 4.79 Å². The Labute approximate surface area is 108 Å². The minimum Gasteiger partial charge on any atom is -0.444 e. The lowest BCUT2D eigenvalue weighted by Crippen LogP contribution is -2.64. The van der Waals surface area contributed by atoms with Gasteiger partial charge >= 0.3 is 6.09 Å². The van der Waals surface area contributed by atoms with Crippen LogP contribution in [0, 0.1) is 0 Å². The second-order valence-corrected chi connectivity index (χ2v) is 6.58. The zero-order valence-electron chi connectivity index (χ0n) is 11.5. The van der Waals surface area contributed by atoms with E-state index >= 15 is 0 Å². The van der Waals surface area contributed by atoms with Gasteiger partial charge in [-0.2, -0.15) is 0 Å². The maximum Gasteiger partial charge on any atom is 0.408 e. The first-order valence-corrected chi connectivity index (χ1v) is 6.63. The lowest BCUT2D eigenvalue weighted by molar-refractivity contribution is -0.155. The summed E-state index contributed by atoms with van der Waals surface area (Å²) in [6.45, 7) is 6.70. The summed E-state index contributed by atoms with van der Waals surface area (Å²) < 4.78 is 11.2. The molecule has 3 rings (SSSR count). The van der Waals surface area contributed by atoms with Gasteiger partial charge in [-0.25, -0.2) is 4.79 Å².